The van der Waals surface area contributed by atoms with Gasteiger partial charge in [0, 0.05) is 5.56 Å². The maximum absolute atomic E-state index is 13.2. The van der Waals surface area contributed by atoms with Crippen LogP contribution in [0.25, 0.3) is 21.9 Å². The van der Waals surface area contributed by atoms with Crippen LogP contribution >= 0.6 is 0 Å². The van der Waals surface area contributed by atoms with Crippen molar-refractivity contribution in [3.05, 3.63) is 71.5 Å². The van der Waals surface area contributed by atoms with E-state index in [9.17, 15) is 14.4 Å². The molecule has 0 saturated carbocycles. The first-order valence-electron chi connectivity index (χ1n) is 6.95. The number of hydrogen-bond donors (Lipinski definition) is 0. The highest BCUT2D eigenvalue weighted by Crippen LogP contribution is 2.33. The van der Waals surface area contributed by atoms with E-state index in [1.807, 2.05) is 6.07 Å². The van der Waals surface area contributed by atoms with Gasteiger partial charge in [0.25, 0.3) is 0 Å². The molecule has 3 nitrogen and oxygen atoms in total. The van der Waals surface area contributed by atoms with E-state index in [1.54, 1.807) is 36.4 Å². The Morgan fingerprint density at radius 1 is 1.09 bits per heavy atom. The van der Waals surface area contributed by atoms with E-state index >= 15 is 0 Å². The number of ether oxygens (including phenoxy) is 1. The Bertz CT molecular complexity index is 940. The fourth-order valence-corrected chi connectivity index (χ4v) is 2.59. The van der Waals surface area contributed by atoms with Crippen molar-refractivity contribution in [3.63, 3.8) is 0 Å². The number of rotatable bonds is 2. The number of carbonyl (C=O) groups excluding carboxylic acids is 1. The van der Waals surface area contributed by atoms with Crippen molar-refractivity contribution in [3.8, 4) is 17.2 Å². The molecule has 0 N–H and O–H groups in total. The Labute approximate surface area is 132 Å². The summed E-state index contributed by atoms with van der Waals surface area (Å²) in [7, 11) is 1.32. The number of nitrogens with zero attached hydrogens (tertiary/aromatic N) is 1. The first-order chi connectivity index (χ1) is 11.1. The highest BCUT2D eigenvalue weighted by atomic mass is 19.1. The second-order valence-electron chi connectivity index (χ2n) is 5.03. The maximum Gasteiger partial charge on any atom is 0.337 e. The van der Waals surface area contributed by atoms with Gasteiger partial charge in [0.05, 0.1) is 24.3 Å². The van der Waals surface area contributed by atoms with E-state index in [-0.39, 0.29) is 5.82 Å². The first-order valence-corrected chi connectivity index (χ1v) is 6.95. The van der Waals surface area contributed by atoms with E-state index in [0.717, 1.165) is 16.3 Å². The van der Waals surface area contributed by atoms with Crippen molar-refractivity contribution in [1.29, 1.82) is 5.26 Å². The van der Waals surface area contributed by atoms with E-state index in [2.05, 4.69) is 6.07 Å². The monoisotopic (exact) mass is 305 g/mol. The SMILES string of the molecule is COC(=O)c1ccc2ccc(C#N)c(-c3ccc(F)cc3)c2c1. The van der Waals surface area contributed by atoms with Gasteiger partial charge in [-0.3, -0.25) is 0 Å². The molecule has 0 aliphatic heterocycles. The molecular formula is C19H12FNO2. The summed E-state index contributed by atoms with van der Waals surface area (Å²) in [5.41, 5.74) is 2.26. The quantitative estimate of drug-likeness (QED) is 0.663. The number of carbonyl (C=O) groups is 1. The second-order valence-corrected chi connectivity index (χ2v) is 5.03. The van der Waals surface area contributed by atoms with Crippen LogP contribution in [0.15, 0.2) is 54.6 Å². The molecule has 112 valence electrons. The molecule has 0 amide bonds. The fraction of sp³-hybridized carbons (Fsp3) is 0.0526. The molecule has 0 aliphatic rings. The topological polar surface area (TPSA) is 50.1 Å². The van der Waals surface area contributed by atoms with E-state index in [4.69, 9.17) is 4.74 Å². The number of halogens is 1. The summed E-state index contributed by atoms with van der Waals surface area (Å²) in [4.78, 5) is 11.8. The average molecular weight is 305 g/mol. The van der Waals surface area contributed by atoms with Crippen molar-refractivity contribution in [2.75, 3.05) is 7.11 Å². The van der Waals surface area contributed by atoms with Crippen LogP contribution in [0.3, 0.4) is 0 Å². The van der Waals surface area contributed by atoms with E-state index in [0.29, 0.717) is 16.7 Å². The third-order valence-corrected chi connectivity index (χ3v) is 3.70. The number of hydrogen-bond acceptors (Lipinski definition) is 3. The molecule has 4 heteroatoms. The van der Waals surface area contributed by atoms with Crippen LogP contribution in [-0.4, -0.2) is 13.1 Å². The molecule has 3 aromatic carbocycles. The summed E-state index contributed by atoms with van der Waals surface area (Å²) in [5.74, 6) is -0.790. The summed E-state index contributed by atoms with van der Waals surface area (Å²) in [6.45, 7) is 0. The molecular weight excluding hydrogens is 293 g/mol. The maximum atomic E-state index is 13.2. The van der Waals surface area contributed by atoms with Crippen LogP contribution in [0.4, 0.5) is 4.39 Å². The smallest absolute Gasteiger partial charge is 0.337 e. The lowest BCUT2D eigenvalue weighted by atomic mass is 9.92. The van der Waals surface area contributed by atoms with Gasteiger partial charge in [-0.15, -0.1) is 0 Å². The largest absolute Gasteiger partial charge is 0.465 e. The predicted molar refractivity (Wildman–Crippen MR) is 85.4 cm³/mol. The van der Waals surface area contributed by atoms with Crippen molar-refractivity contribution in [1.82, 2.24) is 0 Å². The minimum absolute atomic E-state index is 0.345. The highest BCUT2D eigenvalue weighted by molar-refractivity contribution is 6.03. The zero-order chi connectivity index (χ0) is 16.4. The van der Waals surface area contributed by atoms with Gasteiger partial charge in [-0.1, -0.05) is 24.3 Å². The minimum atomic E-state index is -0.445. The third kappa shape index (κ3) is 2.65. The summed E-state index contributed by atoms with van der Waals surface area (Å²) in [6.07, 6.45) is 0. The van der Waals surface area contributed by atoms with Crippen molar-refractivity contribution in [2.24, 2.45) is 0 Å². The predicted octanol–water partition coefficient (Wildman–Crippen LogP) is 4.30. The number of fused-ring (bicyclic) bond motifs is 1. The molecule has 0 aliphatic carbocycles. The summed E-state index contributed by atoms with van der Waals surface area (Å²) < 4.78 is 17.9. The average Bonchev–Trinajstić information content (AvgIpc) is 2.60. The summed E-state index contributed by atoms with van der Waals surface area (Å²) in [5, 5.41) is 11.0. The second kappa shape index (κ2) is 5.90. The standard InChI is InChI=1S/C19H12FNO2/c1-23-19(22)14-4-2-12-3-5-15(11-21)18(17(12)10-14)13-6-8-16(20)9-7-13/h2-10H,1H3. The molecule has 0 spiro atoms. The van der Waals surface area contributed by atoms with Crippen molar-refractivity contribution >= 4 is 16.7 Å². The van der Waals surface area contributed by atoms with Crippen LogP contribution in [-0.2, 0) is 4.74 Å². The zero-order valence-corrected chi connectivity index (χ0v) is 12.3. The molecule has 0 radical (unpaired) electrons. The Balaban J connectivity index is 2.34. The van der Waals surface area contributed by atoms with E-state index in [1.165, 1.54) is 19.2 Å². The Hall–Kier alpha value is -3.19. The lowest BCUT2D eigenvalue weighted by molar-refractivity contribution is 0.0601. The van der Waals surface area contributed by atoms with Gasteiger partial charge in [0.15, 0.2) is 0 Å². The Morgan fingerprint density at radius 2 is 1.78 bits per heavy atom. The molecule has 0 heterocycles. The zero-order valence-electron chi connectivity index (χ0n) is 12.3. The molecule has 0 fully saturated rings. The number of esters is 1. The van der Waals surface area contributed by atoms with Gasteiger partial charge in [-0.2, -0.15) is 5.26 Å². The number of nitriles is 1. The molecule has 3 aromatic rings. The van der Waals surface area contributed by atoms with Gasteiger partial charge < -0.3 is 4.74 Å². The lowest BCUT2D eigenvalue weighted by Crippen LogP contribution is -2.01. The first kappa shape index (κ1) is 14.7. The summed E-state index contributed by atoms with van der Waals surface area (Å²) >= 11 is 0. The lowest BCUT2D eigenvalue weighted by Gasteiger charge is -2.11. The highest BCUT2D eigenvalue weighted by Gasteiger charge is 2.13. The van der Waals surface area contributed by atoms with Gasteiger partial charge in [-0.25, -0.2) is 9.18 Å². The van der Waals surface area contributed by atoms with Crippen LogP contribution in [0, 0.1) is 17.1 Å². The van der Waals surface area contributed by atoms with Gasteiger partial charge >= 0.3 is 5.97 Å². The van der Waals surface area contributed by atoms with E-state index < -0.39 is 5.97 Å². The van der Waals surface area contributed by atoms with Crippen LogP contribution in [0.5, 0.6) is 0 Å². The van der Waals surface area contributed by atoms with Crippen molar-refractivity contribution < 1.29 is 13.9 Å². The molecule has 3 rings (SSSR count). The Morgan fingerprint density at radius 3 is 2.43 bits per heavy atom. The number of benzene rings is 3. The molecule has 0 atom stereocenters. The van der Waals surface area contributed by atoms with Crippen LogP contribution in [0.1, 0.15) is 15.9 Å². The van der Waals surface area contributed by atoms with Gasteiger partial charge in [0.2, 0.25) is 0 Å². The third-order valence-electron chi connectivity index (χ3n) is 3.70. The summed E-state index contributed by atoms with van der Waals surface area (Å²) in [6, 6.07) is 16.8. The van der Waals surface area contributed by atoms with Crippen LogP contribution < -0.4 is 0 Å². The minimum Gasteiger partial charge on any atom is -0.465 e. The molecule has 0 bridgehead atoms. The normalized spacial score (nSPS) is 10.3. The fourth-order valence-electron chi connectivity index (χ4n) is 2.59. The number of methoxy groups -OCH3 is 1. The van der Waals surface area contributed by atoms with Gasteiger partial charge in [-0.05, 0) is 46.7 Å². The van der Waals surface area contributed by atoms with Crippen LogP contribution in [0.2, 0.25) is 0 Å². The van der Waals surface area contributed by atoms with Crippen molar-refractivity contribution in [2.45, 2.75) is 0 Å². The molecule has 23 heavy (non-hydrogen) atoms. The Kier molecular flexibility index (Phi) is 3.78. The molecule has 0 aromatic heterocycles. The molecule has 0 saturated heterocycles. The molecule has 0 unspecified atom stereocenters. The van der Waals surface area contributed by atoms with Gasteiger partial charge in [0.1, 0.15) is 5.82 Å².